The van der Waals surface area contributed by atoms with Gasteiger partial charge in [0.1, 0.15) is 11.0 Å². The van der Waals surface area contributed by atoms with Crippen molar-refractivity contribution in [2.45, 2.75) is 45.8 Å². The number of urea groups is 1. The molecular weight excluding hydrogens is 354 g/mol. The van der Waals surface area contributed by atoms with Crippen LogP contribution >= 0.6 is 11.6 Å². The number of fused-ring (bicyclic) bond motifs is 1. The predicted molar refractivity (Wildman–Crippen MR) is 100 cm³/mol. The summed E-state index contributed by atoms with van der Waals surface area (Å²) in [6.45, 7) is 7.58. The molecule has 0 aromatic carbocycles. The van der Waals surface area contributed by atoms with Crippen LogP contribution in [0.2, 0.25) is 5.15 Å². The monoisotopic (exact) mass is 377 g/mol. The second-order valence-corrected chi connectivity index (χ2v) is 6.82. The van der Waals surface area contributed by atoms with Crippen LogP contribution in [0.1, 0.15) is 39.2 Å². The van der Waals surface area contributed by atoms with Crippen molar-refractivity contribution in [2.24, 2.45) is 4.99 Å². The van der Waals surface area contributed by atoms with Crippen LogP contribution in [-0.4, -0.2) is 69.3 Å². The van der Waals surface area contributed by atoms with E-state index in [-0.39, 0.29) is 11.9 Å². The Morgan fingerprint density at radius 3 is 2.38 bits per heavy atom. The molecule has 140 valence electrons. The summed E-state index contributed by atoms with van der Waals surface area (Å²) in [5.74, 6) is 0.518. The van der Waals surface area contributed by atoms with E-state index in [1.165, 1.54) is 4.90 Å². The standard InChI is InChI=1S/C18H24ClN5O2/c1-4-9-23-16-14(17(25)24(10-5-2)18(23)26)22(6-3)15(21-16)12-7-8-13(19)20-11-12/h7-8,11,14,16H,4-6,9-10H2,1-3H3. The van der Waals surface area contributed by atoms with E-state index in [0.29, 0.717) is 30.6 Å². The Labute approximate surface area is 158 Å². The Hall–Kier alpha value is -2.15. The summed E-state index contributed by atoms with van der Waals surface area (Å²) in [4.78, 5) is 39.9. The van der Waals surface area contributed by atoms with Crippen LogP contribution in [0.5, 0.6) is 0 Å². The van der Waals surface area contributed by atoms with E-state index in [9.17, 15) is 9.59 Å². The van der Waals surface area contributed by atoms with E-state index in [2.05, 4.69) is 4.98 Å². The van der Waals surface area contributed by atoms with Crippen molar-refractivity contribution in [3.8, 4) is 0 Å². The maximum Gasteiger partial charge on any atom is 0.328 e. The zero-order valence-electron chi connectivity index (χ0n) is 15.4. The molecule has 0 spiro atoms. The topological polar surface area (TPSA) is 69.1 Å². The first-order valence-corrected chi connectivity index (χ1v) is 9.49. The Balaban J connectivity index is 2.03. The number of rotatable bonds is 6. The SMILES string of the molecule is CCCN1C(=O)C2C(N=C(c3ccc(Cl)nc3)N2CC)N(CCC)C1=O. The lowest BCUT2D eigenvalue weighted by atomic mass is 10.1. The molecule has 3 amide bonds. The largest absolute Gasteiger partial charge is 0.341 e. The number of aliphatic imine (C=N–C) groups is 1. The first kappa shape index (κ1) is 18.6. The highest BCUT2D eigenvalue weighted by Crippen LogP contribution is 2.30. The summed E-state index contributed by atoms with van der Waals surface area (Å²) in [6.07, 6.45) is 2.70. The number of pyridine rings is 1. The third-order valence-corrected chi connectivity index (χ3v) is 4.92. The van der Waals surface area contributed by atoms with Gasteiger partial charge in [0.15, 0.2) is 12.2 Å². The van der Waals surface area contributed by atoms with E-state index in [4.69, 9.17) is 16.6 Å². The number of imide groups is 1. The summed E-state index contributed by atoms with van der Waals surface area (Å²) in [5, 5.41) is 0.404. The van der Waals surface area contributed by atoms with Gasteiger partial charge in [-0.1, -0.05) is 25.4 Å². The van der Waals surface area contributed by atoms with Gasteiger partial charge in [0.05, 0.1) is 0 Å². The minimum atomic E-state index is -0.492. The van der Waals surface area contributed by atoms with E-state index < -0.39 is 12.2 Å². The van der Waals surface area contributed by atoms with Crippen LogP contribution in [0.4, 0.5) is 4.79 Å². The van der Waals surface area contributed by atoms with Gasteiger partial charge < -0.3 is 4.90 Å². The fourth-order valence-corrected chi connectivity index (χ4v) is 3.69. The maximum atomic E-state index is 13.1. The Morgan fingerprint density at radius 2 is 1.81 bits per heavy atom. The quantitative estimate of drug-likeness (QED) is 0.714. The number of amides is 3. The molecule has 1 fully saturated rings. The number of amidine groups is 1. The van der Waals surface area contributed by atoms with Gasteiger partial charge in [-0.2, -0.15) is 0 Å². The molecule has 2 aliphatic heterocycles. The van der Waals surface area contributed by atoms with Gasteiger partial charge in [-0.3, -0.25) is 14.6 Å². The molecule has 2 aliphatic rings. The molecule has 0 radical (unpaired) electrons. The molecule has 1 aromatic rings. The Morgan fingerprint density at radius 1 is 1.08 bits per heavy atom. The van der Waals surface area contributed by atoms with Crippen LogP contribution in [0.3, 0.4) is 0 Å². The number of hydrogen-bond donors (Lipinski definition) is 0. The number of nitrogens with zero attached hydrogens (tertiary/aromatic N) is 5. The molecule has 26 heavy (non-hydrogen) atoms. The van der Waals surface area contributed by atoms with E-state index in [1.54, 1.807) is 17.2 Å². The summed E-state index contributed by atoms with van der Waals surface area (Å²) in [5.41, 5.74) is 0.796. The van der Waals surface area contributed by atoms with Crippen LogP contribution in [0, 0.1) is 0 Å². The van der Waals surface area contributed by atoms with Crippen LogP contribution in [-0.2, 0) is 4.79 Å². The van der Waals surface area contributed by atoms with Gasteiger partial charge >= 0.3 is 6.03 Å². The highest BCUT2D eigenvalue weighted by Gasteiger charge is 2.52. The second-order valence-electron chi connectivity index (χ2n) is 6.43. The number of aromatic nitrogens is 1. The molecule has 2 atom stereocenters. The lowest BCUT2D eigenvalue weighted by Gasteiger charge is -2.42. The van der Waals surface area contributed by atoms with Crippen molar-refractivity contribution in [1.82, 2.24) is 19.7 Å². The fraction of sp³-hybridized carbons (Fsp3) is 0.556. The van der Waals surface area contributed by atoms with Crippen molar-refractivity contribution in [3.05, 3.63) is 29.0 Å². The summed E-state index contributed by atoms with van der Waals surface area (Å²) < 4.78 is 0. The summed E-state index contributed by atoms with van der Waals surface area (Å²) in [6, 6.07) is 2.82. The third-order valence-electron chi connectivity index (χ3n) is 4.70. The van der Waals surface area contributed by atoms with Crippen molar-refractivity contribution in [3.63, 3.8) is 0 Å². The smallest absolute Gasteiger partial charge is 0.328 e. The lowest BCUT2D eigenvalue weighted by Crippen LogP contribution is -2.66. The van der Waals surface area contributed by atoms with Crippen molar-refractivity contribution in [2.75, 3.05) is 19.6 Å². The number of carbonyl (C=O) groups is 2. The third kappa shape index (κ3) is 3.05. The molecule has 0 N–H and O–H groups in total. The van der Waals surface area contributed by atoms with Gasteiger partial charge in [0.2, 0.25) is 0 Å². The molecular formula is C18H24ClN5O2. The van der Waals surface area contributed by atoms with Crippen molar-refractivity contribution in [1.29, 1.82) is 0 Å². The van der Waals surface area contributed by atoms with Crippen LogP contribution in [0.15, 0.2) is 23.3 Å². The first-order chi connectivity index (χ1) is 12.5. The highest BCUT2D eigenvalue weighted by molar-refractivity contribution is 6.29. The minimum absolute atomic E-state index is 0.170. The molecule has 3 rings (SSSR count). The molecule has 0 aliphatic carbocycles. The zero-order chi connectivity index (χ0) is 18.8. The van der Waals surface area contributed by atoms with Gasteiger partial charge in [0, 0.05) is 31.4 Å². The van der Waals surface area contributed by atoms with Gasteiger partial charge in [0.25, 0.3) is 5.91 Å². The minimum Gasteiger partial charge on any atom is -0.341 e. The number of likely N-dealkylation sites (N-methyl/N-ethyl adjacent to an activating group) is 1. The number of halogens is 1. The average molecular weight is 378 g/mol. The maximum absolute atomic E-state index is 13.1. The molecule has 8 heteroatoms. The number of hydrogen-bond acceptors (Lipinski definition) is 5. The first-order valence-electron chi connectivity index (χ1n) is 9.11. The lowest BCUT2D eigenvalue weighted by molar-refractivity contribution is -0.137. The fourth-order valence-electron chi connectivity index (χ4n) is 3.58. The molecule has 2 unspecified atom stereocenters. The van der Waals surface area contributed by atoms with E-state index >= 15 is 0 Å². The van der Waals surface area contributed by atoms with E-state index in [0.717, 1.165) is 18.4 Å². The molecule has 1 aromatic heterocycles. The Bertz CT molecular complexity index is 721. The molecule has 7 nitrogen and oxygen atoms in total. The second kappa shape index (κ2) is 7.61. The molecule has 3 heterocycles. The van der Waals surface area contributed by atoms with E-state index in [1.807, 2.05) is 31.7 Å². The van der Waals surface area contributed by atoms with Crippen LogP contribution in [0.25, 0.3) is 0 Å². The molecule has 0 saturated carbocycles. The normalized spacial score (nSPS) is 22.8. The zero-order valence-corrected chi connectivity index (χ0v) is 16.1. The van der Waals surface area contributed by atoms with Crippen molar-refractivity contribution < 1.29 is 9.59 Å². The van der Waals surface area contributed by atoms with Gasteiger partial charge in [-0.25, -0.2) is 14.8 Å². The number of carbonyl (C=O) groups excluding carboxylic acids is 2. The van der Waals surface area contributed by atoms with Crippen LogP contribution < -0.4 is 0 Å². The molecule has 0 bridgehead atoms. The molecule has 1 saturated heterocycles. The Kier molecular flexibility index (Phi) is 5.46. The van der Waals surface area contributed by atoms with Gasteiger partial charge in [-0.05, 0) is 31.9 Å². The predicted octanol–water partition coefficient (Wildman–Crippen LogP) is 2.60. The summed E-state index contributed by atoms with van der Waals surface area (Å²) >= 11 is 5.89. The average Bonchev–Trinajstić information content (AvgIpc) is 3.02. The van der Waals surface area contributed by atoms with Crippen molar-refractivity contribution >= 4 is 29.4 Å². The van der Waals surface area contributed by atoms with Gasteiger partial charge in [-0.15, -0.1) is 0 Å². The summed E-state index contributed by atoms with van der Waals surface area (Å²) in [7, 11) is 0. The highest BCUT2D eigenvalue weighted by atomic mass is 35.5.